The van der Waals surface area contributed by atoms with Crippen molar-refractivity contribution in [1.29, 1.82) is 0 Å². The zero-order valence-corrected chi connectivity index (χ0v) is 15.9. The van der Waals surface area contributed by atoms with Crippen molar-refractivity contribution >= 4 is 34.2 Å². The zero-order valence-electron chi connectivity index (χ0n) is 14.2. The molecule has 0 aromatic heterocycles. The van der Waals surface area contributed by atoms with Crippen LogP contribution in [0.5, 0.6) is 0 Å². The molecule has 1 fully saturated rings. The number of sulfonamides is 1. The number of likely N-dealkylation sites (N-methyl/N-ethyl adjacent to an activating group) is 1. The first-order chi connectivity index (χ1) is 11.4. The van der Waals surface area contributed by atoms with Gasteiger partial charge in [-0.05, 0) is 32.0 Å². The number of carbonyl (C=O) groups is 1. The lowest BCUT2D eigenvalue weighted by Crippen LogP contribution is -2.39. The van der Waals surface area contributed by atoms with Crippen LogP contribution in [0.15, 0.2) is 34.2 Å². The molecule has 138 valence electrons. The number of aliphatic imine (C=N–C) groups is 1. The van der Waals surface area contributed by atoms with Crippen LogP contribution in [0.4, 0.5) is 0 Å². The number of hydrogen-bond donors (Lipinski definition) is 2. The number of fused-ring (bicyclic) bond motifs is 1. The van der Waals surface area contributed by atoms with Crippen molar-refractivity contribution in [2.45, 2.75) is 36.7 Å². The largest absolute Gasteiger partial charge is 0.341 e. The van der Waals surface area contributed by atoms with Crippen molar-refractivity contribution < 1.29 is 13.2 Å². The van der Waals surface area contributed by atoms with Gasteiger partial charge in [-0.3, -0.25) is 14.5 Å². The standard InChI is InChI=1S/C16H22N4O3S.ClH/c1-11(9-15(21)20(2)12-7-8-17-10-12)18-16-13-5-3-4-6-14(13)24(22,23)19-16;/h3-6,11-12,17H,7-10H2,1-2H3,(H,18,19);1H. The second-order valence-electron chi connectivity index (χ2n) is 6.28. The minimum absolute atomic E-state index is 0. The van der Waals surface area contributed by atoms with E-state index in [0.29, 0.717) is 11.4 Å². The molecule has 0 aliphatic carbocycles. The normalized spacial score (nSPS) is 23.4. The van der Waals surface area contributed by atoms with Gasteiger partial charge in [-0.15, -0.1) is 12.4 Å². The Morgan fingerprint density at radius 2 is 2.12 bits per heavy atom. The van der Waals surface area contributed by atoms with Crippen LogP contribution >= 0.6 is 12.4 Å². The van der Waals surface area contributed by atoms with E-state index in [1.165, 1.54) is 0 Å². The van der Waals surface area contributed by atoms with E-state index in [0.717, 1.165) is 19.5 Å². The lowest BCUT2D eigenvalue weighted by molar-refractivity contribution is -0.131. The summed E-state index contributed by atoms with van der Waals surface area (Å²) in [5.41, 5.74) is 0.560. The van der Waals surface area contributed by atoms with E-state index in [1.54, 1.807) is 29.2 Å². The van der Waals surface area contributed by atoms with Gasteiger partial charge in [-0.2, -0.15) is 0 Å². The molecule has 0 spiro atoms. The fourth-order valence-electron chi connectivity index (χ4n) is 3.07. The lowest BCUT2D eigenvalue weighted by atomic mass is 10.1. The van der Waals surface area contributed by atoms with Crippen LogP contribution in [0.2, 0.25) is 0 Å². The van der Waals surface area contributed by atoms with Crippen LogP contribution in [-0.4, -0.2) is 57.3 Å². The molecule has 2 heterocycles. The Hall–Kier alpha value is -1.64. The van der Waals surface area contributed by atoms with Crippen molar-refractivity contribution in [2.75, 3.05) is 20.1 Å². The van der Waals surface area contributed by atoms with Gasteiger partial charge in [-0.1, -0.05) is 12.1 Å². The molecular formula is C16H23ClN4O3S. The van der Waals surface area contributed by atoms with E-state index >= 15 is 0 Å². The van der Waals surface area contributed by atoms with Gasteiger partial charge in [0, 0.05) is 31.6 Å². The maximum absolute atomic E-state index is 12.4. The molecule has 3 rings (SSSR count). The van der Waals surface area contributed by atoms with Crippen LogP contribution in [0.1, 0.15) is 25.3 Å². The predicted octanol–water partition coefficient (Wildman–Crippen LogP) is 0.746. The molecule has 0 radical (unpaired) electrons. The maximum Gasteiger partial charge on any atom is 0.263 e. The number of nitrogens with one attached hydrogen (secondary N) is 2. The molecule has 2 unspecified atom stereocenters. The highest BCUT2D eigenvalue weighted by Crippen LogP contribution is 2.23. The Balaban J connectivity index is 0.00000225. The highest BCUT2D eigenvalue weighted by Gasteiger charge is 2.31. The lowest BCUT2D eigenvalue weighted by Gasteiger charge is -2.24. The van der Waals surface area contributed by atoms with E-state index < -0.39 is 10.0 Å². The second kappa shape index (κ2) is 7.72. The molecule has 1 amide bonds. The highest BCUT2D eigenvalue weighted by atomic mass is 35.5. The summed E-state index contributed by atoms with van der Waals surface area (Å²) in [4.78, 5) is 18.8. The number of carbonyl (C=O) groups excluding carboxylic acids is 1. The van der Waals surface area contributed by atoms with E-state index in [4.69, 9.17) is 0 Å². The third kappa shape index (κ3) is 4.13. The minimum atomic E-state index is -3.54. The summed E-state index contributed by atoms with van der Waals surface area (Å²) in [7, 11) is -1.73. The molecule has 25 heavy (non-hydrogen) atoms. The summed E-state index contributed by atoms with van der Waals surface area (Å²) in [6.45, 7) is 3.57. The number of halogens is 1. The first-order valence-electron chi connectivity index (χ1n) is 8.05. The molecule has 9 heteroatoms. The van der Waals surface area contributed by atoms with Crippen LogP contribution < -0.4 is 10.0 Å². The number of amides is 1. The minimum Gasteiger partial charge on any atom is -0.341 e. The van der Waals surface area contributed by atoms with Gasteiger partial charge in [0.25, 0.3) is 10.0 Å². The Kier molecular flexibility index (Phi) is 6.08. The number of hydrogen-bond acceptors (Lipinski definition) is 5. The fraction of sp³-hybridized carbons (Fsp3) is 0.500. The van der Waals surface area contributed by atoms with E-state index in [2.05, 4.69) is 15.0 Å². The third-order valence-electron chi connectivity index (χ3n) is 4.46. The van der Waals surface area contributed by atoms with Crippen LogP contribution in [0.25, 0.3) is 0 Å². The average Bonchev–Trinajstić information content (AvgIpc) is 3.14. The highest BCUT2D eigenvalue weighted by molar-refractivity contribution is 7.90. The molecule has 1 aromatic rings. The van der Waals surface area contributed by atoms with E-state index in [1.807, 2.05) is 14.0 Å². The van der Waals surface area contributed by atoms with Crippen molar-refractivity contribution in [3.63, 3.8) is 0 Å². The first-order valence-corrected chi connectivity index (χ1v) is 9.53. The van der Waals surface area contributed by atoms with Gasteiger partial charge in [0.05, 0.1) is 10.9 Å². The number of amidine groups is 1. The molecule has 0 saturated carbocycles. The summed E-state index contributed by atoms with van der Waals surface area (Å²) in [6, 6.07) is 6.64. The zero-order chi connectivity index (χ0) is 17.3. The Morgan fingerprint density at radius 1 is 1.40 bits per heavy atom. The SMILES string of the molecule is CC(CC(=O)N(C)C1CCNC1)N=C1NS(=O)(=O)c2ccccc21.Cl. The first kappa shape index (κ1) is 19.7. The van der Waals surface area contributed by atoms with Crippen LogP contribution in [0, 0.1) is 0 Å². The van der Waals surface area contributed by atoms with Crippen molar-refractivity contribution in [1.82, 2.24) is 14.9 Å². The number of nitrogens with zero attached hydrogens (tertiary/aromatic N) is 2. The van der Waals surface area contributed by atoms with Gasteiger partial charge in [0.1, 0.15) is 5.84 Å². The fourth-order valence-corrected chi connectivity index (χ4v) is 4.31. The van der Waals surface area contributed by atoms with Gasteiger partial charge in [0.2, 0.25) is 5.91 Å². The van der Waals surface area contributed by atoms with Crippen LogP contribution in [0.3, 0.4) is 0 Å². The molecule has 1 saturated heterocycles. The molecule has 1 aromatic carbocycles. The molecule has 2 aliphatic heterocycles. The van der Waals surface area contributed by atoms with Crippen molar-refractivity contribution in [2.24, 2.45) is 4.99 Å². The summed E-state index contributed by atoms with van der Waals surface area (Å²) in [5, 5.41) is 3.24. The van der Waals surface area contributed by atoms with Gasteiger partial charge < -0.3 is 10.2 Å². The van der Waals surface area contributed by atoms with Gasteiger partial charge >= 0.3 is 0 Å². The molecule has 2 N–H and O–H groups in total. The summed E-state index contributed by atoms with van der Waals surface area (Å²) in [5.74, 6) is 0.339. The second-order valence-corrected chi connectivity index (χ2v) is 7.93. The summed E-state index contributed by atoms with van der Waals surface area (Å²) in [6.07, 6.45) is 1.21. The van der Waals surface area contributed by atoms with Crippen molar-refractivity contribution in [3.8, 4) is 0 Å². The summed E-state index contributed by atoms with van der Waals surface area (Å²) >= 11 is 0. The van der Waals surface area contributed by atoms with E-state index in [9.17, 15) is 13.2 Å². The Labute approximate surface area is 154 Å². The quantitative estimate of drug-likeness (QED) is 0.798. The monoisotopic (exact) mass is 386 g/mol. The summed E-state index contributed by atoms with van der Waals surface area (Å²) < 4.78 is 26.6. The van der Waals surface area contributed by atoms with Crippen molar-refractivity contribution in [3.05, 3.63) is 29.8 Å². The van der Waals surface area contributed by atoms with Gasteiger partial charge in [-0.25, -0.2) is 8.42 Å². The third-order valence-corrected chi connectivity index (χ3v) is 5.85. The number of benzene rings is 1. The molecule has 7 nitrogen and oxygen atoms in total. The average molecular weight is 387 g/mol. The van der Waals surface area contributed by atoms with E-state index in [-0.39, 0.29) is 41.7 Å². The predicted molar refractivity (Wildman–Crippen MR) is 98.7 cm³/mol. The Bertz CT molecular complexity index is 775. The van der Waals surface area contributed by atoms with Crippen LogP contribution in [-0.2, 0) is 14.8 Å². The van der Waals surface area contributed by atoms with Gasteiger partial charge in [0.15, 0.2) is 0 Å². The Morgan fingerprint density at radius 3 is 2.80 bits per heavy atom. The number of rotatable bonds is 4. The topological polar surface area (TPSA) is 90.9 Å². The smallest absolute Gasteiger partial charge is 0.263 e. The maximum atomic E-state index is 12.4. The molecule has 0 bridgehead atoms. The molecular weight excluding hydrogens is 364 g/mol. The molecule has 2 aliphatic rings. The molecule has 2 atom stereocenters.